The smallest absolute Gasteiger partial charge is 0.314 e. The molecule has 7 heteroatoms. The molecule has 3 N–H and O–H groups in total. The van der Waals surface area contributed by atoms with Gasteiger partial charge >= 0.3 is 6.03 Å². The van der Waals surface area contributed by atoms with Crippen molar-refractivity contribution in [3.8, 4) is 0 Å². The van der Waals surface area contributed by atoms with Crippen molar-refractivity contribution >= 4 is 6.03 Å². The Labute approximate surface area is 146 Å². The zero-order valence-electron chi connectivity index (χ0n) is 14.4. The molecule has 2 aromatic rings. The molecule has 0 aliphatic heterocycles. The van der Waals surface area contributed by atoms with Crippen LogP contribution in [-0.4, -0.2) is 34.0 Å². The molecule has 6 nitrogen and oxygen atoms in total. The third kappa shape index (κ3) is 3.82. The van der Waals surface area contributed by atoms with E-state index in [-0.39, 0.29) is 23.8 Å². The van der Waals surface area contributed by atoms with Gasteiger partial charge in [0.05, 0.1) is 12.7 Å². The van der Waals surface area contributed by atoms with Crippen molar-refractivity contribution < 1.29 is 14.3 Å². The summed E-state index contributed by atoms with van der Waals surface area (Å²) < 4.78 is 15.6. The number of carbonyl (C=O) groups is 1. The normalized spacial score (nSPS) is 17.6. The third-order valence-electron chi connectivity index (χ3n) is 4.81. The van der Waals surface area contributed by atoms with Gasteiger partial charge in [-0.1, -0.05) is 18.2 Å². The fourth-order valence-electron chi connectivity index (χ4n) is 2.95. The van der Waals surface area contributed by atoms with Gasteiger partial charge < -0.3 is 15.7 Å². The number of aryl methyl sites for hydroxylation is 1. The monoisotopic (exact) mass is 346 g/mol. The first-order chi connectivity index (χ1) is 11.8. The Kier molecular flexibility index (Phi) is 4.51. The molecule has 1 aliphatic carbocycles. The molecular formula is C18H23FN4O2. The highest BCUT2D eigenvalue weighted by Gasteiger charge is 2.46. The van der Waals surface area contributed by atoms with Crippen molar-refractivity contribution in [3.05, 3.63) is 53.6 Å². The zero-order chi connectivity index (χ0) is 18.1. The van der Waals surface area contributed by atoms with Crippen LogP contribution in [0.5, 0.6) is 0 Å². The molecule has 2 amide bonds. The van der Waals surface area contributed by atoms with E-state index in [1.54, 1.807) is 43.2 Å². The van der Waals surface area contributed by atoms with Crippen LogP contribution in [0.15, 0.2) is 36.7 Å². The van der Waals surface area contributed by atoms with Crippen LogP contribution >= 0.6 is 0 Å². The summed E-state index contributed by atoms with van der Waals surface area (Å²) in [4.78, 5) is 12.1. The van der Waals surface area contributed by atoms with Crippen LogP contribution in [0.1, 0.15) is 30.9 Å². The first-order valence-electron chi connectivity index (χ1n) is 8.31. The predicted octanol–water partition coefficient (Wildman–Crippen LogP) is 1.80. The largest absolute Gasteiger partial charge is 0.383 e. The minimum atomic E-state index is -1.21. The number of aromatic nitrogens is 2. The standard InChI is InChI=1S/C18H23FN4O2/c1-17(25,13-9-22-23(2)10-13)11-20-16(24)21-12-18(7-8-18)14-5-3-4-6-15(14)19/h3-6,9-10,25H,7-8,11-12H2,1-2H3,(H2,20,21,24)/t17-/m0/s1. The van der Waals surface area contributed by atoms with E-state index >= 15 is 0 Å². The van der Waals surface area contributed by atoms with E-state index in [1.807, 2.05) is 6.07 Å². The Bertz CT molecular complexity index is 768. The van der Waals surface area contributed by atoms with Crippen LogP contribution in [0, 0.1) is 5.82 Å². The van der Waals surface area contributed by atoms with Crippen LogP contribution in [-0.2, 0) is 18.1 Å². The molecule has 1 aromatic carbocycles. The zero-order valence-corrected chi connectivity index (χ0v) is 14.4. The van der Waals surface area contributed by atoms with E-state index in [0.29, 0.717) is 17.7 Å². The molecular weight excluding hydrogens is 323 g/mol. The average molecular weight is 346 g/mol. The summed E-state index contributed by atoms with van der Waals surface area (Å²) in [6, 6.07) is 6.31. The van der Waals surface area contributed by atoms with Gasteiger partial charge in [0, 0.05) is 30.8 Å². The van der Waals surface area contributed by atoms with Gasteiger partial charge in [0.2, 0.25) is 0 Å². The van der Waals surface area contributed by atoms with Crippen molar-refractivity contribution in [1.82, 2.24) is 20.4 Å². The summed E-state index contributed by atoms with van der Waals surface area (Å²) in [6.07, 6.45) is 4.97. The first kappa shape index (κ1) is 17.4. The number of rotatable bonds is 6. The molecule has 1 fully saturated rings. The molecule has 1 saturated carbocycles. The Morgan fingerprint density at radius 2 is 2.12 bits per heavy atom. The Morgan fingerprint density at radius 3 is 2.72 bits per heavy atom. The molecule has 25 heavy (non-hydrogen) atoms. The number of amides is 2. The lowest BCUT2D eigenvalue weighted by Crippen LogP contribution is -2.45. The number of carbonyl (C=O) groups excluding carboxylic acids is 1. The third-order valence-corrected chi connectivity index (χ3v) is 4.81. The van der Waals surface area contributed by atoms with Crippen LogP contribution in [0.4, 0.5) is 9.18 Å². The van der Waals surface area contributed by atoms with E-state index in [2.05, 4.69) is 15.7 Å². The molecule has 0 unspecified atom stereocenters. The number of nitrogens with one attached hydrogen (secondary N) is 2. The predicted molar refractivity (Wildman–Crippen MR) is 91.5 cm³/mol. The number of aliphatic hydroxyl groups is 1. The maximum absolute atomic E-state index is 14.0. The summed E-state index contributed by atoms with van der Waals surface area (Å²) in [5, 5.41) is 19.9. The van der Waals surface area contributed by atoms with Crippen LogP contribution in [0.3, 0.4) is 0 Å². The van der Waals surface area contributed by atoms with Gasteiger partial charge in [0.25, 0.3) is 0 Å². The van der Waals surface area contributed by atoms with E-state index in [4.69, 9.17) is 0 Å². The Balaban J connectivity index is 1.53. The van der Waals surface area contributed by atoms with Gasteiger partial charge in [-0.2, -0.15) is 5.10 Å². The number of hydrogen-bond acceptors (Lipinski definition) is 3. The second-order valence-electron chi connectivity index (χ2n) is 6.97. The highest BCUT2D eigenvalue weighted by molar-refractivity contribution is 5.74. The van der Waals surface area contributed by atoms with Crippen molar-refractivity contribution in [2.45, 2.75) is 30.8 Å². The molecule has 0 spiro atoms. The summed E-state index contributed by atoms with van der Waals surface area (Å²) in [6.45, 7) is 2.04. The van der Waals surface area contributed by atoms with Crippen LogP contribution in [0.25, 0.3) is 0 Å². The molecule has 0 radical (unpaired) electrons. The topological polar surface area (TPSA) is 79.2 Å². The highest BCUT2D eigenvalue weighted by Crippen LogP contribution is 2.48. The van der Waals surface area contributed by atoms with E-state index in [9.17, 15) is 14.3 Å². The van der Waals surface area contributed by atoms with Crippen molar-refractivity contribution in [2.75, 3.05) is 13.1 Å². The number of halogens is 1. The number of benzene rings is 1. The van der Waals surface area contributed by atoms with Gasteiger partial charge in [-0.3, -0.25) is 4.68 Å². The minimum Gasteiger partial charge on any atom is -0.383 e. The van der Waals surface area contributed by atoms with Crippen LogP contribution < -0.4 is 10.6 Å². The van der Waals surface area contributed by atoms with Gasteiger partial charge in [-0.25, -0.2) is 9.18 Å². The van der Waals surface area contributed by atoms with E-state index < -0.39 is 5.60 Å². The van der Waals surface area contributed by atoms with Gasteiger partial charge in [-0.05, 0) is 31.4 Å². The molecule has 134 valence electrons. The molecule has 0 bridgehead atoms. The summed E-state index contributed by atoms with van der Waals surface area (Å²) >= 11 is 0. The lowest BCUT2D eigenvalue weighted by atomic mass is 9.95. The van der Waals surface area contributed by atoms with Crippen molar-refractivity contribution in [1.29, 1.82) is 0 Å². The Morgan fingerprint density at radius 1 is 1.40 bits per heavy atom. The Hall–Kier alpha value is -2.41. The summed E-state index contributed by atoms with van der Waals surface area (Å²) in [5.74, 6) is -0.235. The SMILES string of the molecule is Cn1cc([C@@](C)(O)CNC(=O)NCC2(c3ccccc3F)CC2)cn1. The van der Waals surface area contributed by atoms with Gasteiger partial charge in [0.1, 0.15) is 11.4 Å². The molecule has 3 rings (SSSR count). The fourth-order valence-corrected chi connectivity index (χ4v) is 2.95. The van der Waals surface area contributed by atoms with Gasteiger partial charge in [0.15, 0.2) is 0 Å². The fraction of sp³-hybridized carbons (Fsp3) is 0.444. The minimum absolute atomic E-state index is 0.0528. The second kappa shape index (κ2) is 6.48. The second-order valence-corrected chi connectivity index (χ2v) is 6.97. The van der Waals surface area contributed by atoms with Crippen LogP contribution in [0.2, 0.25) is 0 Å². The van der Waals surface area contributed by atoms with Gasteiger partial charge in [-0.15, -0.1) is 0 Å². The maximum atomic E-state index is 14.0. The van der Waals surface area contributed by atoms with Crippen molar-refractivity contribution in [3.63, 3.8) is 0 Å². The van der Waals surface area contributed by atoms with Crippen molar-refractivity contribution in [2.24, 2.45) is 7.05 Å². The summed E-state index contributed by atoms with van der Waals surface area (Å²) in [5.41, 5.74) is -0.249. The van der Waals surface area contributed by atoms with E-state index in [1.165, 1.54) is 6.07 Å². The molecule has 1 atom stereocenters. The lowest BCUT2D eigenvalue weighted by Gasteiger charge is -2.23. The average Bonchev–Trinajstić information content (AvgIpc) is 3.23. The molecule has 1 heterocycles. The molecule has 0 saturated heterocycles. The summed E-state index contributed by atoms with van der Waals surface area (Å²) in [7, 11) is 1.76. The number of urea groups is 1. The maximum Gasteiger partial charge on any atom is 0.314 e. The molecule has 1 aliphatic rings. The molecule has 1 aromatic heterocycles. The quantitative estimate of drug-likeness (QED) is 0.746. The van der Waals surface area contributed by atoms with E-state index in [0.717, 1.165) is 12.8 Å². The highest BCUT2D eigenvalue weighted by atomic mass is 19.1. The first-order valence-corrected chi connectivity index (χ1v) is 8.31. The lowest BCUT2D eigenvalue weighted by molar-refractivity contribution is 0.0593. The number of nitrogens with zero attached hydrogens (tertiary/aromatic N) is 2. The number of hydrogen-bond donors (Lipinski definition) is 3.